The van der Waals surface area contributed by atoms with Crippen molar-refractivity contribution in [3.05, 3.63) is 36.8 Å². The molecule has 0 aliphatic carbocycles. The molecular formula is C21H26ClN7O2. The van der Waals surface area contributed by atoms with Crippen molar-refractivity contribution in [2.24, 2.45) is 0 Å². The zero-order valence-electron chi connectivity index (χ0n) is 17.2. The number of ether oxygens (including phenoxy) is 2. The molecule has 10 heteroatoms. The number of hydrogen-bond acceptors (Lipinski definition) is 9. The van der Waals surface area contributed by atoms with Gasteiger partial charge in [-0.3, -0.25) is 4.98 Å². The summed E-state index contributed by atoms with van der Waals surface area (Å²) in [5.41, 5.74) is 3.31. The molecule has 1 unspecified atom stereocenters. The van der Waals surface area contributed by atoms with Crippen molar-refractivity contribution in [1.29, 1.82) is 0 Å². The molecule has 2 N–H and O–H groups in total. The predicted molar refractivity (Wildman–Crippen MR) is 122 cm³/mol. The van der Waals surface area contributed by atoms with E-state index in [0.29, 0.717) is 12.4 Å². The number of rotatable bonds is 5. The van der Waals surface area contributed by atoms with Crippen LogP contribution in [0, 0.1) is 0 Å². The highest BCUT2D eigenvalue weighted by atomic mass is 35.5. The zero-order chi connectivity index (χ0) is 20.2. The van der Waals surface area contributed by atoms with Crippen molar-refractivity contribution in [1.82, 2.24) is 25.3 Å². The molecule has 5 rings (SSSR count). The highest BCUT2D eigenvalue weighted by Gasteiger charge is 2.16. The van der Waals surface area contributed by atoms with E-state index in [9.17, 15) is 0 Å². The Labute approximate surface area is 187 Å². The van der Waals surface area contributed by atoms with Gasteiger partial charge in [-0.15, -0.1) is 12.4 Å². The summed E-state index contributed by atoms with van der Waals surface area (Å²) in [6.45, 7) is 6.30. The molecular weight excluding hydrogens is 418 g/mol. The zero-order valence-corrected chi connectivity index (χ0v) is 18.0. The van der Waals surface area contributed by atoms with Gasteiger partial charge in [-0.2, -0.15) is 0 Å². The van der Waals surface area contributed by atoms with Gasteiger partial charge >= 0.3 is 0 Å². The van der Waals surface area contributed by atoms with Crippen LogP contribution in [0.4, 0.5) is 11.6 Å². The topological polar surface area (TPSA) is 97.3 Å². The van der Waals surface area contributed by atoms with Crippen molar-refractivity contribution in [3.63, 3.8) is 0 Å². The summed E-state index contributed by atoms with van der Waals surface area (Å²) in [7, 11) is 0. The number of nitrogens with one attached hydrogen (secondary N) is 2. The van der Waals surface area contributed by atoms with E-state index in [1.54, 1.807) is 12.4 Å². The monoisotopic (exact) mass is 443 g/mol. The summed E-state index contributed by atoms with van der Waals surface area (Å²) in [6, 6.07) is 6.05. The molecule has 2 saturated heterocycles. The highest BCUT2D eigenvalue weighted by Crippen LogP contribution is 2.26. The minimum atomic E-state index is 0. The fraction of sp³-hybridized carbons (Fsp3) is 0.429. The largest absolute Gasteiger partial charge is 0.378 e. The summed E-state index contributed by atoms with van der Waals surface area (Å²) in [6.07, 6.45) is 5.36. The molecule has 2 fully saturated rings. The van der Waals surface area contributed by atoms with Crippen molar-refractivity contribution in [3.8, 4) is 11.3 Å². The molecule has 0 spiro atoms. The van der Waals surface area contributed by atoms with E-state index in [4.69, 9.17) is 14.5 Å². The van der Waals surface area contributed by atoms with Gasteiger partial charge in [0.25, 0.3) is 0 Å². The first kappa shape index (κ1) is 21.6. The molecule has 2 aliphatic heterocycles. The van der Waals surface area contributed by atoms with E-state index in [2.05, 4.69) is 36.6 Å². The number of nitrogens with zero attached hydrogens (tertiary/aromatic N) is 5. The predicted octanol–water partition coefficient (Wildman–Crippen LogP) is 1.75. The molecule has 0 aromatic carbocycles. The van der Waals surface area contributed by atoms with Gasteiger partial charge in [0.15, 0.2) is 5.82 Å². The second-order valence-corrected chi connectivity index (χ2v) is 7.36. The second kappa shape index (κ2) is 10.1. The minimum Gasteiger partial charge on any atom is -0.378 e. The summed E-state index contributed by atoms with van der Waals surface area (Å²) < 4.78 is 11.2. The highest BCUT2D eigenvalue weighted by molar-refractivity contribution is 5.88. The van der Waals surface area contributed by atoms with Gasteiger partial charge in [-0.05, 0) is 18.2 Å². The lowest BCUT2D eigenvalue weighted by Gasteiger charge is -2.27. The Morgan fingerprint density at radius 3 is 2.74 bits per heavy atom. The molecule has 31 heavy (non-hydrogen) atoms. The summed E-state index contributed by atoms with van der Waals surface area (Å²) in [4.78, 5) is 20.7. The Morgan fingerprint density at radius 1 is 1.10 bits per heavy atom. The normalized spacial score (nSPS) is 19.1. The Bertz CT molecular complexity index is 993. The quantitative estimate of drug-likeness (QED) is 0.611. The van der Waals surface area contributed by atoms with Crippen LogP contribution in [-0.4, -0.2) is 78.6 Å². The van der Waals surface area contributed by atoms with E-state index < -0.39 is 0 Å². The van der Waals surface area contributed by atoms with E-state index in [0.717, 1.165) is 74.1 Å². The number of halogens is 1. The second-order valence-electron chi connectivity index (χ2n) is 7.36. The van der Waals surface area contributed by atoms with E-state index in [1.807, 2.05) is 18.3 Å². The number of hydrogen-bond donors (Lipinski definition) is 2. The molecule has 5 heterocycles. The molecule has 2 aliphatic rings. The molecule has 0 amide bonds. The number of pyridine rings is 2. The number of fused-ring (bicyclic) bond motifs is 1. The summed E-state index contributed by atoms with van der Waals surface area (Å²) in [5.74, 6) is 1.67. The molecule has 3 aromatic rings. The number of morpholine rings is 2. The molecule has 0 bridgehead atoms. The first-order valence-corrected chi connectivity index (χ1v) is 10.3. The average Bonchev–Trinajstić information content (AvgIpc) is 2.84. The van der Waals surface area contributed by atoms with Crippen molar-refractivity contribution < 1.29 is 9.47 Å². The fourth-order valence-electron chi connectivity index (χ4n) is 3.72. The van der Waals surface area contributed by atoms with Crippen molar-refractivity contribution in [2.75, 3.05) is 62.8 Å². The van der Waals surface area contributed by atoms with Crippen molar-refractivity contribution in [2.45, 2.75) is 6.10 Å². The molecule has 0 radical (unpaired) electrons. The standard InChI is InChI=1S/C21H25N7O2.ClH/c1-2-19(28-6-9-29-10-7-28)25-12-15(1)17-11-18-20(24-4-3-23-18)21(27-17)26-14-16-13-22-5-8-30-16;/h1-4,11-12,16,22H,5-10,13-14H2,(H,26,27);1H. The SMILES string of the molecule is Cl.c1cnc2c(NCC3CNCCO3)nc(-c3ccc(N4CCOCC4)nc3)cc2n1. The Kier molecular flexibility index (Phi) is 7.08. The van der Waals surface area contributed by atoms with E-state index >= 15 is 0 Å². The van der Waals surface area contributed by atoms with Gasteiger partial charge < -0.3 is 25.0 Å². The smallest absolute Gasteiger partial charge is 0.154 e. The van der Waals surface area contributed by atoms with Crippen LogP contribution in [0.25, 0.3) is 22.3 Å². The summed E-state index contributed by atoms with van der Waals surface area (Å²) in [5, 5.41) is 6.75. The lowest BCUT2D eigenvalue weighted by atomic mass is 10.1. The van der Waals surface area contributed by atoms with Gasteiger partial charge in [0, 0.05) is 56.9 Å². The third-order valence-corrected chi connectivity index (χ3v) is 5.34. The van der Waals surface area contributed by atoms with Crippen LogP contribution in [-0.2, 0) is 9.47 Å². The van der Waals surface area contributed by atoms with Gasteiger partial charge in [-0.25, -0.2) is 15.0 Å². The van der Waals surface area contributed by atoms with Crippen LogP contribution in [0.3, 0.4) is 0 Å². The molecule has 3 aromatic heterocycles. The van der Waals surface area contributed by atoms with Crippen LogP contribution in [0.1, 0.15) is 0 Å². The third kappa shape index (κ3) is 5.01. The number of anilines is 2. The molecule has 0 saturated carbocycles. The van der Waals surface area contributed by atoms with Gasteiger partial charge in [0.05, 0.1) is 37.1 Å². The lowest BCUT2D eigenvalue weighted by molar-refractivity contribution is 0.0372. The van der Waals surface area contributed by atoms with Crippen molar-refractivity contribution >= 4 is 35.1 Å². The van der Waals surface area contributed by atoms with Gasteiger partial charge in [-0.1, -0.05) is 0 Å². The fourth-order valence-corrected chi connectivity index (χ4v) is 3.72. The average molecular weight is 444 g/mol. The molecule has 164 valence electrons. The Morgan fingerprint density at radius 2 is 1.97 bits per heavy atom. The summed E-state index contributed by atoms with van der Waals surface area (Å²) >= 11 is 0. The first-order chi connectivity index (χ1) is 14.9. The van der Waals surface area contributed by atoms with Crippen LogP contribution >= 0.6 is 12.4 Å². The molecule has 1 atom stereocenters. The van der Waals surface area contributed by atoms with E-state index in [1.165, 1.54) is 0 Å². The van der Waals surface area contributed by atoms with Crippen LogP contribution in [0.2, 0.25) is 0 Å². The lowest BCUT2D eigenvalue weighted by Crippen LogP contribution is -2.42. The maximum atomic E-state index is 5.79. The molecule has 9 nitrogen and oxygen atoms in total. The van der Waals surface area contributed by atoms with Crippen LogP contribution < -0.4 is 15.5 Å². The van der Waals surface area contributed by atoms with Gasteiger partial charge in [0.1, 0.15) is 11.3 Å². The maximum absolute atomic E-state index is 5.79. The Hall–Kier alpha value is -2.59. The van der Waals surface area contributed by atoms with Crippen LogP contribution in [0.15, 0.2) is 36.8 Å². The maximum Gasteiger partial charge on any atom is 0.154 e. The van der Waals surface area contributed by atoms with Crippen LogP contribution in [0.5, 0.6) is 0 Å². The minimum absolute atomic E-state index is 0. The number of aromatic nitrogens is 4. The van der Waals surface area contributed by atoms with Gasteiger partial charge in [0.2, 0.25) is 0 Å². The first-order valence-electron chi connectivity index (χ1n) is 10.3. The van der Waals surface area contributed by atoms with E-state index in [-0.39, 0.29) is 18.5 Å². The third-order valence-electron chi connectivity index (χ3n) is 5.34. The Balaban J connectivity index is 0.00000231.